The molecular weight excluding hydrogens is 289 g/mol. The fourth-order valence-corrected chi connectivity index (χ4v) is 2.12. The Bertz CT molecular complexity index is 662. The van der Waals surface area contributed by atoms with E-state index in [2.05, 4.69) is 0 Å². The Morgan fingerprint density at radius 1 is 1.10 bits per heavy atom. The van der Waals surface area contributed by atoms with Gasteiger partial charge in [0, 0.05) is 11.1 Å². The maximum Gasteiger partial charge on any atom is 0.416 e. The first-order chi connectivity index (χ1) is 9.29. The van der Waals surface area contributed by atoms with Crippen molar-refractivity contribution in [3.8, 4) is 0 Å². The largest absolute Gasteiger partial charge is 0.416 e. The van der Waals surface area contributed by atoms with Gasteiger partial charge in [0.05, 0.1) is 10.6 Å². The lowest BCUT2D eigenvalue weighted by molar-refractivity contribution is -0.137. The van der Waals surface area contributed by atoms with E-state index in [-0.39, 0.29) is 16.1 Å². The quantitative estimate of drug-likeness (QED) is 0.721. The topological polar surface area (TPSA) is 17.1 Å². The summed E-state index contributed by atoms with van der Waals surface area (Å²) in [5.74, 6) is -0.527. The number of hydrogen-bond acceptors (Lipinski definition) is 1. The van der Waals surface area contributed by atoms with Gasteiger partial charge in [-0.15, -0.1) is 0 Å². The third kappa shape index (κ3) is 3.02. The molecule has 1 nitrogen and oxygen atoms in total. The molecule has 0 aromatic heterocycles. The first kappa shape index (κ1) is 14.6. The summed E-state index contributed by atoms with van der Waals surface area (Å²) in [6.07, 6.45) is -4.48. The van der Waals surface area contributed by atoms with Crippen molar-refractivity contribution in [2.24, 2.45) is 0 Å². The van der Waals surface area contributed by atoms with E-state index in [0.717, 1.165) is 17.7 Å². The van der Waals surface area contributed by atoms with Gasteiger partial charge in [-0.3, -0.25) is 4.79 Å². The van der Waals surface area contributed by atoms with Crippen LogP contribution in [0.4, 0.5) is 13.2 Å². The Morgan fingerprint density at radius 2 is 1.80 bits per heavy atom. The summed E-state index contributed by atoms with van der Waals surface area (Å²) in [5, 5.41) is 0.229. The molecule has 0 atom stereocenters. The van der Waals surface area contributed by atoms with E-state index in [1.54, 1.807) is 12.1 Å². The molecule has 0 fully saturated rings. The maximum absolute atomic E-state index is 12.6. The summed E-state index contributed by atoms with van der Waals surface area (Å²) in [6.45, 7) is 1.81. The Labute approximate surface area is 119 Å². The van der Waals surface area contributed by atoms with E-state index in [1.807, 2.05) is 6.92 Å². The number of ketones is 1. The molecule has 0 aliphatic heterocycles. The molecule has 0 N–H and O–H groups in total. The Balaban J connectivity index is 2.44. The van der Waals surface area contributed by atoms with Gasteiger partial charge in [0.25, 0.3) is 0 Å². The van der Waals surface area contributed by atoms with Gasteiger partial charge in [-0.1, -0.05) is 29.8 Å². The van der Waals surface area contributed by atoms with Gasteiger partial charge in [0.1, 0.15) is 0 Å². The molecule has 0 aliphatic rings. The zero-order valence-corrected chi connectivity index (χ0v) is 11.2. The molecule has 0 heterocycles. The average molecular weight is 299 g/mol. The van der Waals surface area contributed by atoms with Crippen LogP contribution in [-0.4, -0.2) is 5.78 Å². The minimum atomic E-state index is -4.48. The van der Waals surface area contributed by atoms with Crippen molar-refractivity contribution in [2.75, 3.05) is 0 Å². The second kappa shape index (κ2) is 5.29. The van der Waals surface area contributed by atoms with Crippen molar-refractivity contribution >= 4 is 17.4 Å². The minimum Gasteiger partial charge on any atom is -0.289 e. The van der Waals surface area contributed by atoms with Gasteiger partial charge in [-0.2, -0.15) is 13.2 Å². The lowest BCUT2D eigenvalue weighted by Gasteiger charge is -2.09. The van der Waals surface area contributed by atoms with Crippen molar-refractivity contribution < 1.29 is 18.0 Å². The normalized spacial score (nSPS) is 11.4. The van der Waals surface area contributed by atoms with E-state index < -0.39 is 17.5 Å². The van der Waals surface area contributed by atoms with Gasteiger partial charge < -0.3 is 0 Å². The molecule has 2 aromatic rings. The molecule has 104 valence electrons. The van der Waals surface area contributed by atoms with E-state index in [9.17, 15) is 18.0 Å². The summed E-state index contributed by atoms with van der Waals surface area (Å²) in [5.41, 5.74) is 0.171. The average Bonchev–Trinajstić information content (AvgIpc) is 2.37. The van der Waals surface area contributed by atoms with Crippen molar-refractivity contribution in [1.29, 1.82) is 0 Å². The van der Waals surface area contributed by atoms with Crippen molar-refractivity contribution in [3.63, 3.8) is 0 Å². The van der Waals surface area contributed by atoms with E-state index in [1.165, 1.54) is 18.2 Å². The van der Waals surface area contributed by atoms with Crippen LogP contribution in [0.15, 0.2) is 42.5 Å². The molecule has 5 heteroatoms. The van der Waals surface area contributed by atoms with Gasteiger partial charge in [0.15, 0.2) is 5.78 Å². The number of benzene rings is 2. The number of carbonyl (C=O) groups is 1. The standard InChI is InChI=1S/C15H10ClF3O/c1-9-5-6-12(13(16)7-9)14(20)10-3-2-4-11(8-10)15(17,18)19/h2-8H,1H3. The van der Waals surface area contributed by atoms with Crippen LogP contribution in [-0.2, 0) is 6.18 Å². The SMILES string of the molecule is Cc1ccc(C(=O)c2cccc(C(F)(F)F)c2)c(Cl)c1. The molecule has 0 saturated carbocycles. The van der Waals surface area contributed by atoms with Gasteiger partial charge >= 0.3 is 6.18 Å². The molecule has 20 heavy (non-hydrogen) atoms. The zero-order chi connectivity index (χ0) is 14.9. The third-order valence-electron chi connectivity index (χ3n) is 2.82. The molecule has 0 amide bonds. The Hall–Kier alpha value is -1.81. The molecular formula is C15H10ClF3O. The fourth-order valence-electron chi connectivity index (χ4n) is 1.80. The number of halogens is 4. The first-order valence-electron chi connectivity index (χ1n) is 5.77. The maximum atomic E-state index is 12.6. The fraction of sp³-hybridized carbons (Fsp3) is 0.133. The van der Waals surface area contributed by atoms with Crippen LogP contribution in [0.5, 0.6) is 0 Å². The van der Waals surface area contributed by atoms with Crippen molar-refractivity contribution in [2.45, 2.75) is 13.1 Å². The molecule has 0 unspecified atom stereocenters. The highest BCUT2D eigenvalue weighted by atomic mass is 35.5. The summed E-state index contributed by atoms with van der Waals surface area (Å²) in [4.78, 5) is 12.2. The predicted molar refractivity (Wildman–Crippen MR) is 71.1 cm³/mol. The molecule has 0 spiro atoms. The smallest absolute Gasteiger partial charge is 0.289 e. The van der Waals surface area contributed by atoms with E-state index in [0.29, 0.717) is 0 Å². The van der Waals surface area contributed by atoms with Gasteiger partial charge in [-0.25, -0.2) is 0 Å². The monoisotopic (exact) mass is 298 g/mol. The van der Waals surface area contributed by atoms with Crippen LogP contribution < -0.4 is 0 Å². The molecule has 0 saturated heterocycles. The van der Waals surface area contributed by atoms with Gasteiger partial charge in [-0.05, 0) is 36.8 Å². The van der Waals surface area contributed by atoms with Crippen LogP contribution in [0.25, 0.3) is 0 Å². The molecule has 2 aromatic carbocycles. The zero-order valence-electron chi connectivity index (χ0n) is 10.5. The molecule has 0 aliphatic carbocycles. The highest BCUT2D eigenvalue weighted by molar-refractivity contribution is 6.35. The van der Waals surface area contributed by atoms with Crippen LogP contribution >= 0.6 is 11.6 Å². The Morgan fingerprint density at radius 3 is 2.40 bits per heavy atom. The highest BCUT2D eigenvalue weighted by Gasteiger charge is 2.31. The lowest BCUT2D eigenvalue weighted by Crippen LogP contribution is -2.08. The number of rotatable bonds is 2. The van der Waals surface area contributed by atoms with Crippen LogP contribution in [0, 0.1) is 6.92 Å². The number of carbonyl (C=O) groups excluding carboxylic acids is 1. The molecule has 0 radical (unpaired) electrons. The van der Waals surface area contributed by atoms with Gasteiger partial charge in [0.2, 0.25) is 0 Å². The first-order valence-corrected chi connectivity index (χ1v) is 6.15. The highest BCUT2D eigenvalue weighted by Crippen LogP contribution is 2.30. The van der Waals surface area contributed by atoms with Crippen LogP contribution in [0.3, 0.4) is 0 Å². The summed E-state index contributed by atoms with van der Waals surface area (Å²) < 4.78 is 37.9. The number of alkyl halides is 3. The summed E-state index contributed by atoms with van der Waals surface area (Å²) >= 11 is 5.96. The summed E-state index contributed by atoms with van der Waals surface area (Å²) in [6, 6.07) is 9.10. The Kier molecular flexibility index (Phi) is 3.86. The van der Waals surface area contributed by atoms with E-state index in [4.69, 9.17) is 11.6 Å². The van der Waals surface area contributed by atoms with Crippen molar-refractivity contribution in [3.05, 3.63) is 69.7 Å². The van der Waals surface area contributed by atoms with Crippen LogP contribution in [0.2, 0.25) is 5.02 Å². The van der Waals surface area contributed by atoms with E-state index >= 15 is 0 Å². The van der Waals surface area contributed by atoms with Crippen LogP contribution in [0.1, 0.15) is 27.0 Å². The van der Waals surface area contributed by atoms with Crippen molar-refractivity contribution in [1.82, 2.24) is 0 Å². The predicted octanol–water partition coefficient (Wildman–Crippen LogP) is 4.90. The second-order valence-corrected chi connectivity index (χ2v) is 4.80. The third-order valence-corrected chi connectivity index (χ3v) is 3.13. The number of aryl methyl sites for hydroxylation is 1. The second-order valence-electron chi connectivity index (χ2n) is 4.39. The summed E-state index contributed by atoms with van der Waals surface area (Å²) in [7, 11) is 0. The molecule has 2 rings (SSSR count). The minimum absolute atomic E-state index is 0.0365. The molecule has 0 bridgehead atoms. The lowest BCUT2D eigenvalue weighted by atomic mass is 10.0. The number of hydrogen-bond donors (Lipinski definition) is 0.